The topological polar surface area (TPSA) is 91.4 Å². The van der Waals surface area contributed by atoms with Gasteiger partial charge in [0.25, 0.3) is 0 Å². The van der Waals surface area contributed by atoms with Gasteiger partial charge in [-0.25, -0.2) is 4.79 Å². The molecule has 0 aliphatic carbocycles. The highest BCUT2D eigenvalue weighted by atomic mass is 16.5. The molecule has 1 aromatic carbocycles. The number of aromatic nitrogens is 1. The van der Waals surface area contributed by atoms with E-state index in [-0.39, 0.29) is 19.1 Å². The van der Waals surface area contributed by atoms with Crippen molar-refractivity contribution < 1.29 is 19.4 Å². The molecule has 0 saturated heterocycles. The van der Waals surface area contributed by atoms with E-state index in [2.05, 4.69) is 16.4 Å². The molecule has 6 heteroatoms. The molecule has 0 fully saturated rings. The van der Waals surface area contributed by atoms with Crippen molar-refractivity contribution in [2.75, 3.05) is 19.8 Å². The summed E-state index contributed by atoms with van der Waals surface area (Å²) in [5.74, 6) is -1.05. The number of carboxylic acid groups (broad SMARTS) is 1. The number of H-pyrrole nitrogens is 1. The van der Waals surface area contributed by atoms with Crippen LogP contribution in [-0.4, -0.2) is 41.7 Å². The van der Waals surface area contributed by atoms with Crippen LogP contribution in [0.3, 0.4) is 0 Å². The van der Waals surface area contributed by atoms with Gasteiger partial charge in [0, 0.05) is 30.1 Å². The maximum Gasteiger partial charge on any atom is 0.329 e. The van der Waals surface area contributed by atoms with Crippen LogP contribution in [0.1, 0.15) is 18.4 Å². The van der Waals surface area contributed by atoms with Gasteiger partial charge in [0.2, 0.25) is 5.91 Å². The Kier molecular flexibility index (Phi) is 5.97. The van der Waals surface area contributed by atoms with Gasteiger partial charge in [0.1, 0.15) is 6.61 Å². The van der Waals surface area contributed by atoms with Crippen LogP contribution in [0.4, 0.5) is 0 Å². The van der Waals surface area contributed by atoms with E-state index < -0.39 is 5.97 Å². The minimum absolute atomic E-state index is 0.0428. The minimum atomic E-state index is -1.01. The van der Waals surface area contributed by atoms with E-state index in [1.54, 1.807) is 0 Å². The number of rotatable bonds is 9. The summed E-state index contributed by atoms with van der Waals surface area (Å²) < 4.78 is 4.84. The van der Waals surface area contributed by atoms with Crippen molar-refractivity contribution in [1.29, 1.82) is 0 Å². The zero-order valence-electron chi connectivity index (χ0n) is 12.3. The van der Waals surface area contributed by atoms with Crippen LogP contribution in [-0.2, 0) is 20.7 Å². The number of carboxylic acids is 1. The molecule has 118 valence electrons. The first kappa shape index (κ1) is 16.0. The van der Waals surface area contributed by atoms with Crippen molar-refractivity contribution in [3.8, 4) is 0 Å². The number of para-hydroxylation sites is 1. The predicted octanol–water partition coefficient (Wildman–Crippen LogP) is 1.71. The van der Waals surface area contributed by atoms with E-state index in [0.717, 1.165) is 18.4 Å². The Morgan fingerprint density at radius 2 is 2.09 bits per heavy atom. The molecule has 0 aliphatic heterocycles. The monoisotopic (exact) mass is 304 g/mol. The Bertz CT molecular complexity index is 636. The van der Waals surface area contributed by atoms with E-state index in [4.69, 9.17) is 9.84 Å². The molecule has 1 amide bonds. The number of aliphatic carboxylic acids is 1. The number of aromatic amines is 1. The number of carbonyl (C=O) groups is 2. The average molecular weight is 304 g/mol. The van der Waals surface area contributed by atoms with Gasteiger partial charge >= 0.3 is 5.97 Å². The van der Waals surface area contributed by atoms with E-state index in [1.807, 2.05) is 24.4 Å². The predicted molar refractivity (Wildman–Crippen MR) is 82.7 cm³/mol. The quantitative estimate of drug-likeness (QED) is 0.615. The summed E-state index contributed by atoms with van der Waals surface area (Å²) in [5, 5.41) is 12.3. The van der Waals surface area contributed by atoms with Gasteiger partial charge in [-0.2, -0.15) is 0 Å². The second-order valence-electron chi connectivity index (χ2n) is 5.01. The Morgan fingerprint density at radius 3 is 2.91 bits per heavy atom. The standard InChI is InChI=1S/C16H20N2O4/c19-15(17-8-9-22-11-16(20)21)7-3-4-12-10-18-14-6-2-1-5-13(12)14/h1-2,5-6,10,18H,3-4,7-9,11H2,(H,17,19)(H,20,21). The Morgan fingerprint density at radius 1 is 1.27 bits per heavy atom. The van der Waals surface area contributed by atoms with Crippen molar-refractivity contribution in [3.63, 3.8) is 0 Å². The largest absolute Gasteiger partial charge is 0.480 e. The van der Waals surface area contributed by atoms with Gasteiger partial charge in [0.15, 0.2) is 0 Å². The fourth-order valence-corrected chi connectivity index (χ4v) is 2.29. The minimum Gasteiger partial charge on any atom is -0.480 e. The van der Waals surface area contributed by atoms with E-state index >= 15 is 0 Å². The second kappa shape index (κ2) is 8.19. The number of hydrogen-bond donors (Lipinski definition) is 3. The Labute approximate surface area is 128 Å². The maximum atomic E-state index is 11.6. The highest BCUT2D eigenvalue weighted by molar-refractivity contribution is 5.83. The van der Waals surface area contributed by atoms with E-state index in [1.165, 1.54) is 10.9 Å². The van der Waals surface area contributed by atoms with Gasteiger partial charge in [-0.05, 0) is 24.5 Å². The van der Waals surface area contributed by atoms with Gasteiger partial charge in [-0.15, -0.1) is 0 Å². The summed E-state index contributed by atoms with van der Waals surface area (Å²) in [6.07, 6.45) is 4.04. The number of ether oxygens (including phenoxy) is 1. The molecular weight excluding hydrogens is 284 g/mol. The first-order chi connectivity index (χ1) is 10.7. The van der Waals surface area contributed by atoms with Crippen molar-refractivity contribution in [2.45, 2.75) is 19.3 Å². The van der Waals surface area contributed by atoms with Crippen LogP contribution in [0.5, 0.6) is 0 Å². The molecule has 22 heavy (non-hydrogen) atoms. The lowest BCUT2D eigenvalue weighted by molar-refractivity contribution is -0.142. The van der Waals surface area contributed by atoms with Gasteiger partial charge in [0.05, 0.1) is 6.61 Å². The van der Waals surface area contributed by atoms with Crippen molar-refractivity contribution in [1.82, 2.24) is 10.3 Å². The number of amides is 1. The van der Waals surface area contributed by atoms with E-state index in [0.29, 0.717) is 13.0 Å². The summed E-state index contributed by atoms with van der Waals surface area (Å²) in [5.41, 5.74) is 2.32. The lowest BCUT2D eigenvalue weighted by atomic mass is 10.1. The highest BCUT2D eigenvalue weighted by Crippen LogP contribution is 2.19. The van der Waals surface area contributed by atoms with Crippen LogP contribution < -0.4 is 5.32 Å². The zero-order valence-corrected chi connectivity index (χ0v) is 12.3. The molecule has 0 aliphatic rings. The van der Waals surface area contributed by atoms with Crippen LogP contribution in [0.2, 0.25) is 0 Å². The molecule has 0 saturated carbocycles. The normalized spacial score (nSPS) is 10.7. The Balaban J connectivity index is 1.64. The van der Waals surface area contributed by atoms with Crippen LogP contribution >= 0.6 is 0 Å². The summed E-state index contributed by atoms with van der Waals surface area (Å²) in [6, 6.07) is 8.09. The maximum absolute atomic E-state index is 11.6. The summed E-state index contributed by atoms with van der Waals surface area (Å²) in [4.78, 5) is 25.1. The lowest BCUT2D eigenvalue weighted by Gasteiger charge is -2.05. The summed E-state index contributed by atoms with van der Waals surface area (Å²) in [6.45, 7) is 0.204. The molecule has 0 unspecified atom stereocenters. The molecule has 2 rings (SSSR count). The molecule has 1 aromatic heterocycles. The Hall–Kier alpha value is -2.34. The van der Waals surface area contributed by atoms with Gasteiger partial charge in [-0.1, -0.05) is 18.2 Å². The fraction of sp³-hybridized carbons (Fsp3) is 0.375. The number of aryl methyl sites for hydroxylation is 1. The molecule has 0 bridgehead atoms. The molecule has 6 nitrogen and oxygen atoms in total. The first-order valence-corrected chi connectivity index (χ1v) is 7.28. The lowest BCUT2D eigenvalue weighted by Crippen LogP contribution is -2.27. The van der Waals surface area contributed by atoms with Crippen molar-refractivity contribution >= 4 is 22.8 Å². The molecule has 0 spiro atoms. The SMILES string of the molecule is O=C(O)COCCNC(=O)CCCc1c[nH]c2ccccc12. The molecule has 0 atom stereocenters. The van der Waals surface area contributed by atoms with E-state index in [9.17, 15) is 9.59 Å². The van der Waals surface area contributed by atoms with Crippen LogP contribution in [0.15, 0.2) is 30.5 Å². The van der Waals surface area contributed by atoms with Gasteiger partial charge < -0.3 is 20.1 Å². The number of hydrogen-bond acceptors (Lipinski definition) is 3. The molecular formula is C16H20N2O4. The number of nitrogens with one attached hydrogen (secondary N) is 2. The summed E-state index contributed by atoms with van der Waals surface area (Å²) >= 11 is 0. The zero-order chi connectivity index (χ0) is 15.8. The number of carbonyl (C=O) groups excluding carboxylic acids is 1. The summed E-state index contributed by atoms with van der Waals surface area (Å²) in [7, 11) is 0. The number of benzene rings is 1. The molecule has 3 N–H and O–H groups in total. The highest BCUT2D eigenvalue weighted by Gasteiger charge is 2.05. The fourth-order valence-electron chi connectivity index (χ4n) is 2.29. The van der Waals surface area contributed by atoms with Gasteiger partial charge in [-0.3, -0.25) is 4.79 Å². The third-order valence-corrected chi connectivity index (χ3v) is 3.32. The third-order valence-electron chi connectivity index (χ3n) is 3.32. The molecule has 0 radical (unpaired) electrons. The van der Waals surface area contributed by atoms with Crippen molar-refractivity contribution in [3.05, 3.63) is 36.0 Å². The van der Waals surface area contributed by atoms with Crippen molar-refractivity contribution in [2.24, 2.45) is 0 Å². The molecule has 2 aromatic rings. The van der Waals surface area contributed by atoms with Crippen LogP contribution in [0, 0.1) is 0 Å². The number of fused-ring (bicyclic) bond motifs is 1. The van der Waals surface area contributed by atoms with Crippen LogP contribution in [0.25, 0.3) is 10.9 Å². The second-order valence-corrected chi connectivity index (χ2v) is 5.01. The smallest absolute Gasteiger partial charge is 0.329 e. The first-order valence-electron chi connectivity index (χ1n) is 7.28. The molecule has 1 heterocycles. The average Bonchev–Trinajstić information content (AvgIpc) is 2.90. The third kappa shape index (κ3) is 4.89.